The Kier molecular flexibility index (Phi) is 4.00. The number of hydrogen-bond acceptors (Lipinski definition) is 3. The lowest BCUT2D eigenvalue weighted by Crippen LogP contribution is -2.32. The lowest BCUT2D eigenvalue weighted by molar-refractivity contribution is -0.140. The van der Waals surface area contributed by atoms with Crippen LogP contribution in [0.2, 0.25) is 0 Å². The minimum absolute atomic E-state index is 0.265. The molecule has 2 rings (SSSR count). The molecule has 0 aromatic heterocycles. The second-order valence-electron chi connectivity index (χ2n) is 4.98. The van der Waals surface area contributed by atoms with Gasteiger partial charge in [-0.25, -0.2) is 0 Å². The first-order chi connectivity index (χ1) is 7.72. The first kappa shape index (κ1) is 12.1. The quantitative estimate of drug-likeness (QED) is 0.693. The van der Waals surface area contributed by atoms with Gasteiger partial charge < -0.3 is 4.74 Å². The minimum atomic E-state index is -1.02. The van der Waals surface area contributed by atoms with E-state index in [1.807, 2.05) is 0 Å². The lowest BCUT2D eigenvalue weighted by atomic mass is 10.1. The molecular formula is C12H20O3S. The molecule has 0 aromatic rings. The van der Waals surface area contributed by atoms with Crippen LogP contribution in [-0.4, -0.2) is 28.3 Å². The predicted molar refractivity (Wildman–Crippen MR) is 63.5 cm³/mol. The average Bonchev–Trinajstić information content (AvgIpc) is 2.96. The van der Waals surface area contributed by atoms with Crippen LogP contribution < -0.4 is 0 Å². The summed E-state index contributed by atoms with van der Waals surface area (Å²) in [5, 5.41) is -0.342. The second-order valence-corrected chi connectivity index (χ2v) is 6.58. The molecule has 4 heteroatoms. The number of hydrogen-bond donors (Lipinski definition) is 0. The number of carbonyl (C=O) groups excluding carboxylic acids is 1. The van der Waals surface area contributed by atoms with E-state index in [4.69, 9.17) is 4.74 Å². The van der Waals surface area contributed by atoms with Crippen molar-refractivity contribution in [1.29, 1.82) is 0 Å². The summed E-state index contributed by atoms with van der Waals surface area (Å²) in [6.07, 6.45) is 6.96. The normalized spacial score (nSPS) is 25.3. The largest absolute Gasteiger partial charge is 0.468 e. The van der Waals surface area contributed by atoms with Gasteiger partial charge >= 0.3 is 5.97 Å². The Balaban J connectivity index is 1.91. The van der Waals surface area contributed by atoms with Crippen molar-refractivity contribution in [2.45, 2.75) is 43.8 Å². The number of esters is 1. The van der Waals surface area contributed by atoms with Gasteiger partial charge in [0, 0.05) is 16.6 Å². The van der Waals surface area contributed by atoms with E-state index in [1.54, 1.807) is 0 Å². The summed E-state index contributed by atoms with van der Waals surface area (Å²) in [6, 6.07) is 0. The highest BCUT2D eigenvalue weighted by Gasteiger charge is 2.41. The van der Waals surface area contributed by atoms with E-state index in [0.29, 0.717) is 17.6 Å². The van der Waals surface area contributed by atoms with Crippen LogP contribution in [0.5, 0.6) is 0 Å². The molecule has 2 aliphatic carbocycles. The summed E-state index contributed by atoms with van der Waals surface area (Å²) in [5.74, 6) is 1.34. The van der Waals surface area contributed by atoms with E-state index in [9.17, 15) is 9.00 Å². The standard InChI is InChI=1S/C12H20O3S/c1-15-12(13)11(10-6-7-10)16(14)8-9-4-2-3-5-9/h9-11H,2-8H2,1H3. The molecule has 0 N–H and O–H groups in total. The van der Waals surface area contributed by atoms with Gasteiger partial charge in [-0.05, 0) is 37.5 Å². The van der Waals surface area contributed by atoms with E-state index < -0.39 is 10.8 Å². The molecule has 2 fully saturated rings. The first-order valence-corrected chi connectivity index (χ1v) is 7.55. The maximum absolute atomic E-state index is 12.2. The molecular weight excluding hydrogens is 224 g/mol. The highest BCUT2D eigenvalue weighted by molar-refractivity contribution is 7.86. The maximum Gasteiger partial charge on any atom is 0.321 e. The number of rotatable bonds is 5. The van der Waals surface area contributed by atoms with E-state index >= 15 is 0 Å². The molecule has 0 bridgehead atoms. The van der Waals surface area contributed by atoms with Crippen LogP contribution in [-0.2, 0) is 20.3 Å². The molecule has 3 nitrogen and oxygen atoms in total. The van der Waals surface area contributed by atoms with Gasteiger partial charge in [-0.2, -0.15) is 0 Å². The zero-order chi connectivity index (χ0) is 11.5. The SMILES string of the molecule is COC(=O)C(C1CC1)S(=O)CC1CCCC1. The van der Waals surface area contributed by atoms with E-state index in [2.05, 4.69) is 0 Å². The second kappa shape index (κ2) is 5.30. The van der Waals surface area contributed by atoms with Gasteiger partial charge in [0.25, 0.3) is 0 Å². The lowest BCUT2D eigenvalue weighted by Gasteiger charge is -2.16. The summed E-state index contributed by atoms with van der Waals surface area (Å²) in [5.41, 5.74) is 0. The van der Waals surface area contributed by atoms with Gasteiger partial charge in [0.2, 0.25) is 0 Å². The molecule has 0 spiro atoms. The summed E-state index contributed by atoms with van der Waals surface area (Å²) in [4.78, 5) is 11.6. The fourth-order valence-electron chi connectivity index (χ4n) is 2.54. The molecule has 0 amide bonds. The van der Waals surface area contributed by atoms with Crippen molar-refractivity contribution in [2.75, 3.05) is 12.9 Å². The summed E-state index contributed by atoms with van der Waals surface area (Å²) >= 11 is 0. The van der Waals surface area contributed by atoms with Crippen molar-refractivity contribution in [2.24, 2.45) is 11.8 Å². The number of ether oxygens (including phenoxy) is 1. The van der Waals surface area contributed by atoms with E-state index in [0.717, 1.165) is 12.8 Å². The molecule has 0 radical (unpaired) electrons. The Labute approximate surface area is 99.4 Å². The predicted octanol–water partition coefficient (Wildman–Crippen LogP) is 1.88. The highest BCUT2D eigenvalue weighted by Crippen LogP contribution is 2.37. The topological polar surface area (TPSA) is 43.4 Å². The van der Waals surface area contributed by atoms with Crippen molar-refractivity contribution in [3.05, 3.63) is 0 Å². The Morgan fingerprint density at radius 2 is 1.94 bits per heavy atom. The smallest absolute Gasteiger partial charge is 0.321 e. The fourth-order valence-corrected chi connectivity index (χ4v) is 4.56. The first-order valence-electron chi connectivity index (χ1n) is 6.17. The van der Waals surface area contributed by atoms with Gasteiger partial charge in [-0.15, -0.1) is 0 Å². The number of methoxy groups -OCH3 is 1. The Morgan fingerprint density at radius 1 is 1.31 bits per heavy atom. The molecule has 16 heavy (non-hydrogen) atoms. The van der Waals surface area contributed by atoms with Crippen LogP contribution in [0.3, 0.4) is 0 Å². The monoisotopic (exact) mass is 244 g/mol. The van der Waals surface area contributed by atoms with Gasteiger partial charge in [0.1, 0.15) is 5.25 Å². The van der Waals surface area contributed by atoms with Crippen LogP contribution in [0.1, 0.15) is 38.5 Å². The highest BCUT2D eigenvalue weighted by atomic mass is 32.2. The van der Waals surface area contributed by atoms with Crippen LogP contribution in [0, 0.1) is 11.8 Å². The van der Waals surface area contributed by atoms with Crippen LogP contribution in [0.4, 0.5) is 0 Å². The van der Waals surface area contributed by atoms with Gasteiger partial charge in [-0.3, -0.25) is 9.00 Å². The van der Waals surface area contributed by atoms with Gasteiger partial charge in [-0.1, -0.05) is 12.8 Å². The van der Waals surface area contributed by atoms with Crippen LogP contribution in [0.25, 0.3) is 0 Å². The Hall–Kier alpha value is -0.380. The summed E-state index contributed by atoms with van der Waals surface area (Å²) in [6.45, 7) is 0. The van der Waals surface area contributed by atoms with Crippen molar-refractivity contribution >= 4 is 16.8 Å². The molecule has 2 unspecified atom stereocenters. The molecule has 0 aliphatic heterocycles. The molecule has 0 saturated heterocycles. The third-order valence-electron chi connectivity index (χ3n) is 3.64. The van der Waals surface area contributed by atoms with Crippen molar-refractivity contribution in [3.63, 3.8) is 0 Å². The van der Waals surface area contributed by atoms with Gasteiger partial charge in [0.05, 0.1) is 7.11 Å². The fraction of sp³-hybridized carbons (Fsp3) is 0.917. The Bertz CT molecular complexity index is 280. The van der Waals surface area contributed by atoms with Crippen LogP contribution >= 0.6 is 0 Å². The zero-order valence-electron chi connectivity index (χ0n) is 9.81. The summed E-state index contributed by atoms with van der Waals surface area (Å²) in [7, 11) is 0.374. The zero-order valence-corrected chi connectivity index (χ0v) is 10.6. The molecule has 2 saturated carbocycles. The molecule has 2 aliphatic rings. The van der Waals surface area contributed by atoms with Crippen molar-refractivity contribution in [3.8, 4) is 0 Å². The number of carbonyl (C=O) groups is 1. The maximum atomic E-state index is 12.2. The third-order valence-corrected chi connectivity index (χ3v) is 5.59. The van der Waals surface area contributed by atoms with Gasteiger partial charge in [0.15, 0.2) is 0 Å². The third kappa shape index (κ3) is 2.84. The average molecular weight is 244 g/mol. The van der Waals surface area contributed by atoms with Crippen LogP contribution in [0.15, 0.2) is 0 Å². The molecule has 92 valence electrons. The van der Waals surface area contributed by atoms with Crippen molar-refractivity contribution in [1.82, 2.24) is 0 Å². The molecule has 2 atom stereocenters. The summed E-state index contributed by atoms with van der Waals surface area (Å²) < 4.78 is 17.0. The molecule has 0 heterocycles. The van der Waals surface area contributed by atoms with Crippen molar-refractivity contribution < 1.29 is 13.7 Å². The van der Waals surface area contributed by atoms with E-state index in [1.165, 1.54) is 32.8 Å². The molecule has 0 aromatic carbocycles. The Morgan fingerprint density at radius 3 is 2.44 bits per heavy atom. The minimum Gasteiger partial charge on any atom is -0.468 e. The van der Waals surface area contributed by atoms with E-state index in [-0.39, 0.29) is 11.2 Å².